The Morgan fingerprint density at radius 1 is 1.04 bits per heavy atom. The Hall–Kier alpha value is -2.77. The fourth-order valence-electron chi connectivity index (χ4n) is 2.33. The van der Waals surface area contributed by atoms with E-state index in [1.165, 1.54) is 0 Å². The summed E-state index contributed by atoms with van der Waals surface area (Å²) >= 11 is 5.16. The van der Waals surface area contributed by atoms with Crippen molar-refractivity contribution in [2.75, 3.05) is 25.6 Å². The first-order valence-electron chi connectivity index (χ1n) is 8.60. The first-order chi connectivity index (χ1) is 13.1. The molecule has 0 atom stereocenters. The molecule has 0 spiro atoms. The molecule has 2 aromatic rings. The van der Waals surface area contributed by atoms with Crippen LogP contribution in [0.4, 0.5) is 5.69 Å². The van der Waals surface area contributed by atoms with E-state index in [4.69, 9.17) is 17.0 Å². The molecule has 27 heavy (non-hydrogen) atoms. The van der Waals surface area contributed by atoms with E-state index in [1.807, 2.05) is 30.3 Å². The van der Waals surface area contributed by atoms with Gasteiger partial charge in [0.05, 0.1) is 6.61 Å². The molecule has 2 aromatic carbocycles. The molecule has 7 heteroatoms. The van der Waals surface area contributed by atoms with Gasteiger partial charge in [0.1, 0.15) is 0 Å². The molecule has 0 aromatic heterocycles. The topological polar surface area (TPSA) is 79.5 Å². The molecule has 3 N–H and O–H groups in total. The number of ether oxygens (including phenoxy) is 1. The van der Waals surface area contributed by atoms with Crippen molar-refractivity contribution in [3.63, 3.8) is 0 Å². The van der Waals surface area contributed by atoms with Gasteiger partial charge in [-0.05, 0) is 48.5 Å². The zero-order valence-corrected chi connectivity index (χ0v) is 16.0. The number of rotatable bonds is 8. The van der Waals surface area contributed by atoms with E-state index in [2.05, 4.69) is 16.0 Å². The number of carbonyl (C=O) groups excluding carboxylic acids is 2. The molecule has 2 rings (SSSR count). The number of benzene rings is 2. The molecular weight excluding hydrogens is 362 g/mol. The Bertz CT molecular complexity index is 764. The Balaban J connectivity index is 1.76. The van der Waals surface area contributed by atoms with Gasteiger partial charge in [-0.3, -0.25) is 9.59 Å². The number of anilines is 1. The number of thiocarbonyl (C=S) groups is 1. The number of hydrogen-bond donors (Lipinski definition) is 3. The molecule has 0 bridgehead atoms. The number of carbonyl (C=O) groups is 2. The summed E-state index contributed by atoms with van der Waals surface area (Å²) in [5, 5.41) is 8.57. The van der Waals surface area contributed by atoms with E-state index in [-0.39, 0.29) is 16.9 Å². The highest BCUT2D eigenvalue weighted by molar-refractivity contribution is 7.80. The molecule has 0 heterocycles. The largest absolute Gasteiger partial charge is 0.383 e. The maximum absolute atomic E-state index is 12.0. The van der Waals surface area contributed by atoms with Crippen molar-refractivity contribution in [2.45, 2.75) is 12.8 Å². The molecule has 0 aliphatic rings. The van der Waals surface area contributed by atoms with Crippen LogP contribution in [0.5, 0.6) is 0 Å². The van der Waals surface area contributed by atoms with Crippen molar-refractivity contribution < 1.29 is 14.3 Å². The Labute approximate surface area is 164 Å². The quantitative estimate of drug-likeness (QED) is 0.481. The lowest BCUT2D eigenvalue weighted by Gasteiger charge is -2.10. The van der Waals surface area contributed by atoms with E-state index < -0.39 is 0 Å². The van der Waals surface area contributed by atoms with Crippen molar-refractivity contribution in [2.24, 2.45) is 0 Å². The summed E-state index contributed by atoms with van der Waals surface area (Å²) in [5.74, 6) is -0.319. The van der Waals surface area contributed by atoms with E-state index in [0.717, 1.165) is 5.56 Å². The summed E-state index contributed by atoms with van der Waals surface area (Å²) < 4.78 is 4.89. The minimum atomic E-state index is -0.171. The molecule has 0 aliphatic heterocycles. The SMILES string of the molecule is COCCNC(=O)c1ccc(NC(=S)NC(=O)CCc2ccccc2)cc1. The van der Waals surface area contributed by atoms with Gasteiger partial charge in [0.2, 0.25) is 5.91 Å². The third-order valence-electron chi connectivity index (χ3n) is 3.73. The van der Waals surface area contributed by atoms with Crippen LogP contribution in [0.3, 0.4) is 0 Å². The summed E-state index contributed by atoms with van der Waals surface area (Å²) in [6.07, 6.45) is 1.01. The number of nitrogens with one attached hydrogen (secondary N) is 3. The number of hydrogen-bond acceptors (Lipinski definition) is 4. The first kappa shape index (κ1) is 20.5. The van der Waals surface area contributed by atoms with Gasteiger partial charge in [-0.2, -0.15) is 0 Å². The lowest BCUT2D eigenvalue weighted by molar-refractivity contribution is -0.119. The average Bonchev–Trinajstić information content (AvgIpc) is 2.68. The van der Waals surface area contributed by atoms with Crippen molar-refractivity contribution >= 4 is 34.8 Å². The zero-order chi connectivity index (χ0) is 19.5. The minimum absolute atomic E-state index is 0.148. The molecule has 0 radical (unpaired) electrons. The molecule has 0 saturated carbocycles. The van der Waals surface area contributed by atoms with Crippen LogP contribution in [0.15, 0.2) is 54.6 Å². The lowest BCUT2D eigenvalue weighted by Crippen LogP contribution is -2.34. The Kier molecular flexibility index (Phi) is 8.41. The van der Waals surface area contributed by atoms with E-state index >= 15 is 0 Å². The predicted octanol–water partition coefficient (Wildman–Crippen LogP) is 2.51. The average molecular weight is 385 g/mol. The molecule has 6 nitrogen and oxygen atoms in total. The van der Waals surface area contributed by atoms with E-state index in [0.29, 0.717) is 37.2 Å². The van der Waals surface area contributed by atoms with Crippen LogP contribution in [-0.4, -0.2) is 37.2 Å². The molecule has 0 aliphatic carbocycles. The Morgan fingerprint density at radius 2 is 1.74 bits per heavy atom. The highest BCUT2D eigenvalue weighted by atomic mass is 32.1. The summed E-state index contributed by atoms with van der Waals surface area (Å²) in [6, 6.07) is 16.6. The fraction of sp³-hybridized carbons (Fsp3) is 0.250. The second-order valence-corrected chi connectivity index (χ2v) is 6.22. The molecular formula is C20H23N3O3S. The maximum Gasteiger partial charge on any atom is 0.251 e. The van der Waals surface area contributed by atoms with Crippen LogP contribution in [0, 0.1) is 0 Å². The van der Waals surface area contributed by atoms with Gasteiger partial charge in [0.15, 0.2) is 5.11 Å². The Morgan fingerprint density at radius 3 is 2.41 bits per heavy atom. The molecule has 0 saturated heterocycles. The smallest absolute Gasteiger partial charge is 0.251 e. The fourth-order valence-corrected chi connectivity index (χ4v) is 2.56. The predicted molar refractivity (Wildman–Crippen MR) is 110 cm³/mol. The third-order valence-corrected chi connectivity index (χ3v) is 3.94. The number of amides is 2. The van der Waals surface area contributed by atoms with Crippen molar-refractivity contribution in [3.8, 4) is 0 Å². The molecule has 0 fully saturated rings. The van der Waals surface area contributed by atoms with Gasteiger partial charge in [0, 0.05) is 31.3 Å². The lowest BCUT2D eigenvalue weighted by atomic mass is 10.1. The summed E-state index contributed by atoms with van der Waals surface area (Å²) in [5.41, 5.74) is 2.33. The standard InChI is InChI=1S/C20H23N3O3S/c1-26-14-13-21-19(25)16-8-10-17(11-9-16)22-20(27)23-18(24)12-7-15-5-3-2-4-6-15/h2-6,8-11H,7,12-14H2,1H3,(H,21,25)(H2,22,23,24,27). The van der Waals surface area contributed by atoms with Crippen LogP contribution in [0.25, 0.3) is 0 Å². The monoisotopic (exact) mass is 385 g/mol. The normalized spacial score (nSPS) is 10.1. The summed E-state index contributed by atoms with van der Waals surface area (Å²) in [7, 11) is 1.58. The molecule has 142 valence electrons. The van der Waals surface area contributed by atoms with E-state index in [9.17, 15) is 9.59 Å². The van der Waals surface area contributed by atoms with Gasteiger partial charge < -0.3 is 20.7 Å². The molecule has 2 amide bonds. The summed E-state index contributed by atoms with van der Waals surface area (Å²) in [6.45, 7) is 0.915. The van der Waals surface area contributed by atoms with Gasteiger partial charge in [-0.25, -0.2) is 0 Å². The van der Waals surface area contributed by atoms with Gasteiger partial charge in [-0.15, -0.1) is 0 Å². The van der Waals surface area contributed by atoms with Crippen LogP contribution in [0.1, 0.15) is 22.3 Å². The van der Waals surface area contributed by atoms with E-state index in [1.54, 1.807) is 31.4 Å². The van der Waals surface area contributed by atoms with Crippen LogP contribution in [-0.2, 0) is 16.0 Å². The van der Waals surface area contributed by atoms with Gasteiger partial charge in [0.25, 0.3) is 5.91 Å². The first-order valence-corrected chi connectivity index (χ1v) is 9.01. The third kappa shape index (κ3) is 7.55. The van der Waals surface area contributed by atoms with Crippen molar-refractivity contribution in [1.82, 2.24) is 10.6 Å². The van der Waals surface area contributed by atoms with Gasteiger partial charge >= 0.3 is 0 Å². The molecule has 0 unspecified atom stereocenters. The second kappa shape index (κ2) is 11.1. The number of aryl methyl sites for hydroxylation is 1. The van der Waals surface area contributed by atoms with Crippen LogP contribution < -0.4 is 16.0 Å². The summed E-state index contributed by atoms with van der Waals surface area (Å²) in [4.78, 5) is 23.9. The number of methoxy groups -OCH3 is 1. The van der Waals surface area contributed by atoms with Crippen LogP contribution in [0.2, 0.25) is 0 Å². The highest BCUT2D eigenvalue weighted by Gasteiger charge is 2.07. The highest BCUT2D eigenvalue weighted by Crippen LogP contribution is 2.09. The zero-order valence-electron chi connectivity index (χ0n) is 15.2. The maximum atomic E-state index is 12.0. The van der Waals surface area contributed by atoms with Gasteiger partial charge in [-0.1, -0.05) is 30.3 Å². The van der Waals surface area contributed by atoms with Crippen molar-refractivity contribution in [1.29, 1.82) is 0 Å². The van der Waals surface area contributed by atoms with Crippen molar-refractivity contribution in [3.05, 3.63) is 65.7 Å². The minimum Gasteiger partial charge on any atom is -0.383 e. The van der Waals surface area contributed by atoms with Crippen LogP contribution >= 0.6 is 12.2 Å². The second-order valence-electron chi connectivity index (χ2n) is 5.81.